The molecule has 0 aromatic heterocycles. The number of carbonyl (C=O) groups excluding carboxylic acids is 4. The van der Waals surface area contributed by atoms with E-state index in [0.29, 0.717) is 48.5 Å². The molecule has 2 aromatic carbocycles. The van der Waals surface area contributed by atoms with Crippen molar-refractivity contribution in [3.05, 3.63) is 59.2 Å². The molecule has 1 saturated heterocycles. The van der Waals surface area contributed by atoms with Crippen LogP contribution in [0.15, 0.2) is 42.5 Å². The second kappa shape index (κ2) is 8.82. The first-order valence-electron chi connectivity index (χ1n) is 10.6. The number of anilines is 1. The standard InChI is InChI=1S/C24H25N3O5/c1-15(28)18-5-6-21-20(12-18)27(22(29)14-32-21)13-16-3-2-4-19(11-16)24(31)26-9-7-17(8-10-26)23(25)30/h2-6,11-12,17H,7-10,13-14H2,1H3,(H2,25,30). The van der Waals surface area contributed by atoms with Crippen molar-refractivity contribution in [2.24, 2.45) is 11.7 Å². The Morgan fingerprint density at radius 2 is 1.81 bits per heavy atom. The molecule has 0 radical (unpaired) electrons. The third kappa shape index (κ3) is 4.34. The van der Waals surface area contributed by atoms with Gasteiger partial charge in [-0.05, 0) is 55.7 Å². The molecule has 8 nitrogen and oxygen atoms in total. The first-order chi connectivity index (χ1) is 15.3. The smallest absolute Gasteiger partial charge is 0.265 e. The van der Waals surface area contributed by atoms with Crippen LogP contribution >= 0.6 is 0 Å². The number of ketones is 1. The summed E-state index contributed by atoms with van der Waals surface area (Å²) in [6.07, 6.45) is 1.14. The molecule has 2 aliphatic rings. The molecule has 1 fully saturated rings. The highest BCUT2D eigenvalue weighted by Gasteiger charge is 2.28. The zero-order valence-electron chi connectivity index (χ0n) is 17.9. The number of benzene rings is 2. The van der Waals surface area contributed by atoms with Gasteiger partial charge in [-0.25, -0.2) is 0 Å². The zero-order valence-corrected chi connectivity index (χ0v) is 17.9. The van der Waals surface area contributed by atoms with Gasteiger partial charge in [-0.1, -0.05) is 12.1 Å². The topological polar surface area (TPSA) is 110 Å². The summed E-state index contributed by atoms with van der Waals surface area (Å²) in [5, 5.41) is 0. The van der Waals surface area contributed by atoms with Gasteiger partial charge in [-0.3, -0.25) is 19.2 Å². The number of hydrogen-bond acceptors (Lipinski definition) is 5. The summed E-state index contributed by atoms with van der Waals surface area (Å²) >= 11 is 0. The average molecular weight is 435 g/mol. The highest BCUT2D eigenvalue weighted by Crippen LogP contribution is 2.34. The molecule has 3 amide bonds. The van der Waals surface area contributed by atoms with Crippen LogP contribution in [0.5, 0.6) is 5.75 Å². The lowest BCUT2D eigenvalue weighted by Gasteiger charge is -2.31. The Hall–Kier alpha value is -3.68. The van der Waals surface area contributed by atoms with Gasteiger partial charge in [0.1, 0.15) is 5.75 Å². The van der Waals surface area contributed by atoms with Crippen molar-refractivity contribution in [2.75, 3.05) is 24.6 Å². The predicted molar refractivity (Wildman–Crippen MR) is 117 cm³/mol. The van der Waals surface area contributed by atoms with Crippen molar-refractivity contribution in [3.8, 4) is 5.75 Å². The van der Waals surface area contributed by atoms with E-state index in [-0.39, 0.29) is 42.6 Å². The Morgan fingerprint density at radius 1 is 1.06 bits per heavy atom. The van der Waals surface area contributed by atoms with Gasteiger partial charge in [0.25, 0.3) is 11.8 Å². The molecule has 0 saturated carbocycles. The van der Waals surface area contributed by atoms with Gasteiger partial charge in [0.15, 0.2) is 12.4 Å². The number of carbonyl (C=O) groups is 4. The molecule has 166 valence electrons. The predicted octanol–water partition coefficient (Wildman–Crippen LogP) is 2.15. The number of likely N-dealkylation sites (tertiary alicyclic amines) is 1. The normalized spacial score (nSPS) is 16.3. The number of amides is 3. The second-order valence-electron chi connectivity index (χ2n) is 8.18. The number of ether oxygens (including phenoxy) is 1. The van der Waals surface area contributed by atoms with Crippen LogP contribution < -0.4 is 15.4 Å². The number of hydrogen-bond donors (Lipinski definition) is 1. The van der Waals surface area contributed by atoms with E-state index in [1.165, 1.54) is 6.92 Å². The van der Waals surface area contributed by atoms with Gasteiger partial charge in [0.2, 0.25) is 5.91 Å². The second-order valence-corrected chi connectivity index (χ2v) is 8.18. The summed E-state index contributed by atoms with van der Waals surface area (Å²) < 4.78 is 5.51. The Bertz CT molecular complexity index is 1090. The Balaban J connectivity index is 1.53. The van der Waals surface area contributed by atoms with Gasteiger partial charge in [-0.2, -0.15) is 0 Å². The lowest BCUT2D eigenvalue weighted by Crippen LogP contribution is -2.41. The summed E-state index contributed by atoms with van der Waals surface area (Å²) in [6.45, 7) is 2.61. The third-order valence-corrected chi connectivity index (χ3v) is 6.01. The van der Waals surface area contributed by atoms with E-state index in [2.05, 4.69) is 0 Å². The van der Waals surface area contributed by atoms with Crippen LogP contribution in [0.1, 0.15) is 46.0 Å². The molecule has 0 atom stereocenters. The SMILES string of the molecule is CC(=O)c1ccc2c(c1)N(Cc1cccc(C(=O)N3CCC(C(N)=O)CC3)c1)C(=O)CO2. The van der Waals surface area contributed by atoms with Crippen molar-refractivity contribution >= 4 is 29.2 Å². The van der Waals surface area contributed by atoms with Crippen LogP contribution in [-0.2, 0) is 16.1 Å². The summed E-state index contributed by atoms with van der Waals surface area (Å²) in [7, 11) is 0. The van der Waals surface area contributed by atoms with Crippen LogP contribution in [0.25, 0.3) is 0 Å². The summed E-state index contributed by atoms with van der Waals surface area (Å²) in [5.41, 5.74) is 7.73. The Kier molecular flexibility index (Phi) is 5.94. The highest BCUT2D eigenvalue weighted by molar-refractivity contribution is 6.01. The van der Waals surface area contributed by atoms with Gasteiger partial charge in [0.05, 0.1) is 12.2 Å². The first-order valence-corrected chi connectivity index (χ1v) is 10.6. The van der Waals surface area contributed by atoms with Crippen LogP contribution in [0.3, 0.4) is 0 Å². The Morgan fingerprint density at radius 3 is 2.50 bits per heavy atom. The number of nitrogens with two attached hydrogens (primary N) is 1. The summed E-state index contributed by atoms with van der Waals surface area (Å²) in [4.78, 5) is 52.0. The molecule has 2 aromatic rings. The van der Waals surface area contributed by atoms with E-state index in [4.69, 9.17) is 10.5 Å². The van der Waals surface area contributed by atoms with E-state index in [0.717, 1.165) is 5.56 Å². The number of nitrogens with zero attached hydrogens (tertiary/aromatic N) is 2. The number of Topliss-reactive ketones (excluding diaryl/α,β-unsaturated/α-hetero) is 1. The van der Waals surface area contributed by atoms with Crippen molar-refractivity contribution in [2.45, 2.75) is 26.3 Å². The lowest BCUT2D eigenvalue weighted by atomic mass is 9.95. The molecule has 0 bridgehead atoms. The van der Waals surface area contributed by atoms with E-state index >= 15 is 0 Å². The maximum absolute atomic E-state index is 13.0. The van der Waals surface area contributed by atoms with Gasteiger partial charge in [0, 0.05) is 30.1 Å². The molecular formula is C24H25N3O5. The Labute approximate surface area is 185 Å². The average Bonchev–Trinajstić information content (AvgIpc) is 2.80. The number of rotatable bonds is 5. The van der Waals surface area contributed by atoms with Gasteiger partial charge in [-0.15, -0.1) is 0 Å². The van der Waals surface area contributed by atoms with Crippen LogP contribution in [-0.4, -0.2) is 48.1 Å². The molecule has 2 N–H and O–H groups in total. The van der Waals surface area contributed by atoms with Gasteiger partial charge >= 0.3 is 0 Å². The zero-order chi connectivity index (χ0) is 22.8. The molecule has 0 aliphatic carbocycles. The van der Waals surface area contributed by atoms with E-state index in [1.807, 2.05) is 6.07 Å². The molecule has 0 spiro atoms. The molecule has 2 heterocycles. The fourth-order valence-corrected chi connectivity index (χ4v) is 4.13. The van der Waals surface area contributed by atoms with E-state index in [9.17, 15) is 19.2 Å². The molecule has 8 heteroatoms. The first kappa shape index (κ1) is 21.5. The van der Waals surface area contributed by atoms with Crippen molar-refractivity contribution in [3.63, 3.8) is 0 Å². The van der Waals surface area contributed by atoms with Crippen LogP contribution in [0.2, 0.25) is 0 Å². The third-order valence-electron chi connectivity index (χ3n) is 6.01. The minimum absolute atomic E-state index is 0.0835. The number of piperidine rings is 1. The fraction of sp³-hybridized carbons (Fsp3) is 0.333. The van der Waals surface area contributed by atoms with Crippen molar-refractivity contribution < 1.29 is 23.9 Å². The summed E-state index contributed by atoms with van der Waals surface area (Å²) in [5.74, 6) is -0.386. The van der Waals surface area contributed by atoms with Crippen LogP contribution in [0.4, 0.5) is 5.69 Å². The highest BCUT2D eigenvalue weighted by atomic mass is 16.5. The number of fused-ring (bicyclic) bond motifs is 1. The van der Waals surface area contributed by atoms with E-state index < -0.39 is 0 Å². The van der Waals surface area contributed by atoms with Crippen molar-refractivity contribution in [1.29, 1.82) is 0 Å². The molecule has 2 aliphatic heterocycles. The van der Waals surface area contributed by atoms with Crippen LogP contribution in [0, 0.1) is 5.92 Å². The maximum Gasteiger partial charge on any atom is 0.265 e. The maximum atomic E-state index is 13.0. The summed E-state index contributed by atoms with van der Waals surface area (Å²) in [6, 6.07) is 12.2. The fourth-order valence-electron chi connectivity index (χ4n) is 4.13. The monoisotopic (exact) mass is 435 g/mol. The molecular weight excluding hydrogens is 410 g/mol. The largest absolute Gasteiger partial charge is 0.482 e. The molecule has 0 unspecified atom stereocenters. The number of primary amides is 1. The minimum Gasteiger partial charge on any atom is -0.482 e. The molecule has 32 heavy (non-hydrogen) atoms. The quantitative estimate of drug-likeness (QED) is 0.724. The minimum atomic E-state index is -0.317. The van der Waals surface area contributed by atoms with Gasteiger partial charge < -0.3 is 20.3 Å². The van der Waals surface area contributed by atoms with Crippen molar-refractivity contribution in [1.82, 2.24) is 4.90 Å². The van der Waals surface area contributed by atoms with E-state index in [1.54, 1.807) is 46.2 Å². The molecule has 4 rings (SSSR count). The lowest BCUT2D eigenvalue weighted by molar-refractivity contribution is -0.123.